The van der Waals surface area contributed by atoms with Crippen molar-refractivity contribution in [2.24, 2.45) is 11.8 Å². The van der Waals surface area contributed by atoms with Gasteiger partial charge in [0.25, 0.3) is 0 Å². The molecular formula is C14H15NO3. The first kappa shape index (κ1) is 12.5. The Labute approximate surface area is 105 Å². The van der Waals surface area contributed by atoms with Gasteiger partial charge in [-0.3, -0.25) is 9.59 Å². The van der Waals surface area contributed by atoms with E-state index in [0.29, 0.717) is 5.89 Å². The number of ketones is 2. The summed E-state index contributed by atoms with van der Waals surface area (Å²) in [6.07, 6.45) is 7.13. The number of aryl methyl sites for hydroxylation is 1. The van der Waals surface area contributed by atoms with E-state index in [1.54, 1.807) is 45.1 Å². The van der Waals surface area contributed by atoms with Gasteiger partial charge in [0, 0.05) is 18.8 Å². The van der Waals surface area contributed by atoms with Crippen LogP contribution in [0.15, 0.2) is 28.7 Å². The fraction of sp³-hybridized carbons (Fsp3) is 0.357. The fourth-order valence-corrected chi connectivity index (χ4v) is 1.82. The zero-order chi connectivity index (χ0) is 13.3. The number of hydrogen-bond acceptors (Lipinski definition) is 4. The van der Waals surface area contributed by atoms with E-state index in [2.05, 4.69) is 4.98 Å². The molecule has 0 fully saturated rings. The van der Waals surface area contributed by atoms with Crippen LogP contribution in [0.25, 0.3) is 0 Å². The Morgan fingerprint density at radius 1 is 1.06 bits per heavy atom. The minimum Gasteiger partial charge on any atom is -0.437 e. The Bertz CT molecular complexity index is 504. The zero-order valence-electron chi connectivity index (χ0n) is 10.6. The van der Waals surface area contributed by atoms with E-state index in [1.807, 2.05) is 0 Å². The van der Waals surface area contributed by atoms with Gasteiger partial charge in [-0.05, 0) is 0 Å². The first-order valence-electron chi connectivity index (χ1n) is 5.91. The number of allylic oxidation sites excluding steroid dienone is 4. The lowest BCUT2D eigenvalue weighted by Crippen LogP contribution is -2.17. The van der Waals surface area contributed by atoms with Crippen LogP contribution in [0.1, 0.15) is 40.8 Å². The van der Waals surface area contributed by atoms with Crippen molar-refractivity contribution >= 4 is 11.6 Å². The topological polar surface area (TPSA) is 60.2 Å². The van der Waals surface area contributed by atoms with Gasteiger partial charge in [0.2, 0.25) is 11.5 Å². The van der Waals surface area contributed by atoms with Crippen molar-refractivity contribution in [2.75, 3.05) is 0 Å². The Morgan fingerprint density at radius 3 is 2.22 bits per heavy atom. The second-order valence-corrected chi connectivity index (χ2v) is 4.49. The molecule has 2 rings (SSSR count). The molecule has 0 radical (unpaired) electrons. The molecule has 2 atom stereocenters. The summed E-state index contributed by atoms with van der Waals surface area (Å²) in [5.41, 5.74) is 0.150. The summed E-state index contributed by atoms with van der Waals surface area (Å²) in [5.74, 6) is -0.627. The molecule has 18 heavy (non-hydrogen) atoms. The molecule has 0 N–H and O–H groups in total. The normalized spacial score (nSPS) is 27.7. The van der Waals surface area contributed by atoms with Crippen LogP contribution < -0.4 is 0 Å². The van der Waals surface area contributed by atoms with Crippen molar-refractivity contribution in [3.05, 3.63) is 41.6 Å². The number of fused-ring (bicyclic) bond motifs is 1. The molecule has 1 aromatic heterocycles. The predicted molar refractivity (Wildman–Crippen MR) is 66.5 cm³/mol. The van der Waals surface area contributed by atoms with Crippen molar-refractivity contribution < 1.29 is 14.0 Å². The molecule has 1 aliphatic carbocycles. The number of Topliss-reactive ketones (excluding diaryl/α,β-unsaturated/α-hetero) is 2. The molecule has 0 bridgehead atoms. The van der Waals surface area contributed by atoms with Crippen LogP contribution in [-0.2, 0) is 0 Å². The smallest absolute Gasteiger partial charge is 0.207 e. The summed E-state index contributed by atoms with van der Waals surface area (Å²) in [6, 6.07) is 0. The van der Waals surface area contributed by atoms with E-state index in [0.717, 1.165) is 0 Å². The zero-order valence-corrected chi connectivity index (χ0v) is 10.6. The van der Waals surface area contributed by atoms with E-state index in [1.165, 1.54) is 0 Å². The Hall–Kier alpha value is -1.97. The lowest BCUT2D eigenvalue weighted by molar-refractivity contribution is 0.0896. The average Bonchev–Trinajstić information content (AvgIpc) is 2.73. The van der Waals surface area contributed by atoms with Crippen molar-refractivity contribution in [3.63, 3.8) is 0 Å². The van der Waals surface area contributed by atoms with Crippen molar-refractivity contribution in [3.8, 4) is 0 Å². The van der Waals surface area contributed by atoms with Gasteiger partial charge in [0.05, 0.1) is 0 Å². The average molecular weight is 245 g/mol. The highest BCUT2D eigenvalue weighted by Gasteiger charge is 2.28. The minimum absolute atomic E-state index is 0.0804. The van der Waals surface area contributed by atoms with Crippen LogP contribution in [0.4, 0.5) is 0 Å². The minimum atomic E-state index is -0.332. The molecule has 0 saturated carbocycles. The van der Waals surface area contributed by atoms with Gasteiger partial charge >= 0.3 is 0 Å². The number of hydrogen-bond donors (Lipinski definition) is 0. The molecule has 94 valence electrons. The molecule has 0 aromatic carbocycles. The summed E-state index contributed by atoms with van der Waals surface area (Å²) in [7, 11) is 0. The molecule has 0 aliphatic heterocycles. The lowest BCUT2D eigenvalue weighted by atomic mass is 9.96. The van der Waals surface area contributed by atoms with Gasteiger partial charge in [-0.1, -0.05) is 38.2 Å². The molecule has 0 spiro atoms. The standard InChI is InChI=1S/C14H15NO3/c1-8-6-4-5-7-9(2)13(17)14-11(12(8)16)15-10(3)18-14/h4-9H,1-3H3/b6-4-,7-5-. The van der Waals surface area contributed by atoms with Crippen LogP contribution in [0.5, 0.6) is 0 Å². The van der Waals surface area contributed by atoms with Crippen LogP contribution in [0.2, 0.25) is 0 Å². The SMILES string of the molecule is Cc1nc2c(o1)C(=O)C(C)/C=C\C=C/C(C)C2=O. The molecule has 0 amide bonds. The van der Waals surface area contributed by atoms with E-state index in [-0.39, 0.29) is 34.9 Å². The first-order chi connectivity index (χ1) is 8.50. The van der Waals surface area contributed by atoms with Crippen molar-refractivity contribution in [1.29, 1.82) is 0 Å². The molecule has 4 nitrogen and oxygen atoms in total. The Balaban J connectivity index is 2.58. The second-order valence-electron chi connectivity index (χ2n) is 4.49. The number of nitrogens with zero attached hydrogens (tertiary/aromatic N) is 1. The van der Waals surface area contributed by atoms with Gasteiger partial charge in [-0.15, -0.1) is 0 Å². The maximum absolute atomic E-state index is 12.2. The first-order valence-corrected chi connectivity index (χ1v) is 5.91. The Morgan fingerprint density at radius 2 is 1.61 bits per heavy atom. The second kappa shape index (κ2) is 4.72. The predicted octanol–water partition coefficient (Wildman–Crippen LogP) is 2.75. The fourth-order valence-electron chi connectivity index (χ4n) is 1.82. The van der Waals surface area contributed by atoms with Gasteiger partial charge < -0.3 is 4.42 Å². The summed E-state index contributed by atoms with van der Waals surface area (Å²) < 4.78 is 5.30. The van der Waals surface area contributed by atoms with Gasteiger partial charge in [-0.25, -0.2) is 4.98 Å². The van der Waals surface area contributed by atoms with E-state index >= 15 is 0 Å². The van der Waals surface area contributed by atoms with Crippen LogP contribution in [-0.4, -0.2) is 16.6 Å². The molecular weight excluding hydrogens is 230 g/mol. The Kier molecular flexibility index (Phi) is 3.28. The summed E-state index contributed by atoms with van der Waals surface area (Å²) in [5, 5.41) is 0. The van der Waals surface area contributed by atoms with Gasteiger partial charge in [-0.2, -0.15) is 0 Å². The maximum atomic E-state index is 12.2. The molecule has 2 unspecified atom stereocenters. The highest BCUT2D eigenvalue weighted by Crippen LogP contribution is 2.21. The summed E-state index contributed by atoms with van der Waals surface area (Å²) >= 11 is 0. The van der Waals surface area contributed by atoms with Gasteiger partial charge in [0.1, 0.15) is 0 Å². The third-order valence-electron chi connectivity index (χ3n) is 2.93. The number of carbonyl (C=O) groups excluding carboxylic acids is 2. The molecule has 1 heterocycles. The van der Waals surface area contributed by atoms with Gasteiger partial charge in [0.15, 0.2) is 17.4 Å². The van der Waals surface area contributed by atoms with Crippen LogP contribution in [0, 0.1) is 18.8 Å². The third-order valence-corrected chi connectivity index (χ3v) is 2.93. The largest absolute Gasteiger partial charge is 0.437 e. The summed E-state index contributed by atoms with van der Waals surface area (Å²) in [6.45, 7) is 5.17. The highest BCUT2D eigenvalue weighted by atomic mass is 16.4. The van der Waals surface area contributed by atoms with Crippen LogP contribution in [0.3, 0.4) is 0 Å². The highest BCUT2D eigenvalue weighted by molar-refractivity contribution is 6.08. The molecule has 4 heteroatoms. The molecule has 1 aliphatic rings. The van der Waals surface area contributed by atoms with Crippen LogP contribution >= 0.6 is 0 Å². The monoisotopic (exact) mass is 245 g/mol. The van der Waals surface area contributed by atoms with E-state index in [4.69, 9.17) is 4.42 Å². The lowest BCUT2D eigenvalue weighted by Gasteiger charge is -2.07. The van der Waals surface area contributed by atoms with E-state index < -0.39 is 0 Å². The molecule has 1 aromatic rings. The quantitative estimate of drug-likeness (QED) is 0.705. The number of aromatic nitrogens is 1. The molecule has 0 saturated heterocycles. The number of oxazole rings is 1. The summed E-state index contributed by atoms with van der Waals surface area (Å²) in [4.78, 5) is 28.4. The number of carbonyl (C=O) groups is 2. The third kappa shape index (κ3) is 2.18. The van der Waals surface area contributed by atoms with E-state index in [9.17, 15) is 9.59 Å². The van der Waals surface area contributed by atoms with Crippen molar-refractivity contribution in [2.45, 2.75) is 20.8 Å². The number of rotatable bonds is 0. The van der Waals surface area contributed by atoms with Crippen molar-refractivity contribution in [1.82, 2.24) is 4.98 Å². The maximum Gasteiger partial charge on any atom is 0.207 e.